The van der Waals surface area contributed by atoms with Crippen LogP contribution in [-0.2, 0) is 9.47 Å². The first-order valence-corrected chi connectivity index (χ1v) is 7.17. The lowest BCUT2D eigenvalue weighted by Gasteiger charge is -2.41. The van der Waals surface area contributed by atoms with Crippen LogP contribution in [-0.4, -0.2) is 65.1 Å². The van der Waals surface area contributed by atoms with Crippen LogP contribution >= 0.6 is 0 Å². The Morgan fingerprint density at radius 3 is 2.28 bits per heavy atom. The second-order valence-corrected chi connectivity index (χ2v) is 5.40. The van der Waals surface area contributed by atoms with Crippen molar-refractivity contribution in [1.82, 2.24) is 10.2 Å². The first kappa shape index (κ1) is 15.9. The predicted octanol–water partition coefficient (Wildman–Crippen LogP) is 1.36. The fourth-order valence-corrected chi connectivity index (χ4v) is 2.76. The van der Waals surface area contributed by atoms with Gasteiger partial charge in [0.2, 0.25) is 0 Å². The second kappa shape index (κ2) is 8.86. The minimum atomic E-state index is 0.444. The average molecular weight is 258 g/mol. The molecule has 1 aliphatic heterocycles. The molecule has 0 saturated carbocycles. The van der Waals surface area contributed by atoms with Crippen molar-refractivity contribution in [3.63, 3.8) is 0 Å². The summed E-state index contributed by atoms with van der Waals surface area (Å²) in [7, 11) is 3.54. The van der Waals surface area contributed by atoms with Crippen LogP contribution in [0.1, 0.15) is 26.2 Å². The average Bonchev–Trinajstić information content (AvgIpc) is 2.43. The van der Waals surface area contributed by atoms with E-state index in [-0.39, 0.29) is 0 Å². The van der Waals surface area contributed by atoms with Crippen LogP contribution in [0.5, 0.6) is 0 Å². The van der Waals surface area contributed by atoms with Gasteiger partial charge in [-0.1, -0.05) is 6.92 Å². The quantitative estimate of drug-likeness (QED) is 0.677. The Bertz CT molecular complexity index is 198. The van der Waals surface area contributed by atoms with Gasteiger partial charge in [-0.3, -0.25) is 4.90 Å². The zero-order chi connectivity index (χ0) is 13.3. The summed E-state index contributed by atoms with van der Waals surface area (Å²) in [5.41, 5.74) is 0.444. The molecule has 1 heterocycles. The van der Waals surface area contributed by atoms with Gasteiger partial charge in [0.25, 0.3) is 0 Å². The van der Waals surface area contributed by atoms with Gasteiger partial charge >= 0.3 is 0 Å². The number of piperidine rings is 1. The van der Waals surface area contributed by atoms with Crippen LogP contribution in [0, 0.1) is 5.41 Å². The highest BCUT2D eigenvalue weighted by atomic mass is 16.5. The standard InChI is InChI=1S/C14H30N2O2/c1-4-14(6-5-7-15-12-14)13-16(8-10-17-2)9-11-18-3/h15H,4-13H2,1-3H3. The van der Waals surface area contributed by atoms with Gasteiger partial charge in [0.05, 0.1) is 13.2 Å². The fraction of sp³-hybridized carbons (Fsp3) is 1.00. The van der Waals surface area contributed by atoms with E-state index in [0.29, 0.717) is 5.41 Å². The lowest BCUT2D eigenvalue weighted by molar-refractivity contribution is 0.0648. The molecule has 1 aliphatic rings. The van der Waals surface area contributed by atoms with Crippen LogP contribution in [0.3, 0.4) is 0 Å². The molecule has 1 N–H and O–H groups in total. The minimum Gasteiger partial charge on any atom is -0.383 e. The molecule has 0 aromatic carbocycles. The second-order valence-electron chi connectivity index (χ2n) is 5.40. The van der Waals surface area contributed by atoms with Gasteiger partial charge in [-0.25, -0.2) is 0 Å². The summed E-state index contributed by atoms with van der Waals surface area (Å²) < 4.78 is 10.4. The third-order valence-corrected chi connectivity index (χ3v) is 4.09. The summed E-state index contributed by atoms with van der Waals surface area (Å²) in [4.78, 5) is 2.49. The summed E-state index contributed by atoms with van der Waals surface area (Å²) in [5, 5.41) is 3.55. The van der Waals surface area contributed by atoms with E-state index in [0.717, 1.165) is 39.4 Å². The molecular formula is C14H30N2O2. The molecule has 0 amide bonds. The number of nitrogens with zero attached hydrogens (tertiary/aromatic N) is 1. The number of rotatable bonds is 9. The molecule has 108 valence electrons. The number of ether oxygens (including phenoxy) is 2. The monoisotopic (exact) mass is 258 g/mol. The summed E-state index contributed by atoms with van der Waals surface area (Å²) in [5.74, 6) is 0. The number of hydrogen-bond donors (Lipinski definition) is 1. The maximum atomic E-state index is 5.21. The Morgan fingerprint density at radius 2 is 1.83 bits per heavy atom. The largest absolute Gasteiger partial charge is 0.383 e. The molecular weight excluding hydrogens is 228 g/mol. The number of hydrogen-bond acceptors (Lipinski definition) is 4. The van der Waals surface area contributed by atoms with Gasteiger partial charge < -0.3 is 14.8 Å². The molecule has 4 nitrogen and oxygen atoms in total. The van der Waals surface area contributed by atoms with Gasteiger partial charge in [-0.05, 0) is 31.2 Å². The van der Waals surface area contributed by atoms with Gasteiger partial charge in [0.1, 0.15) is 0 Å². The molecule has 0 bridgehead atoms. The van der Waals surface area contributed by atoms with Crippen molar-refractivity contribution >= 4 is 0 Å². The van der Waals surface area contributed by atoms with Crippen LogP contribution in [0.4, 0.5) is 0 Å². The smallest absolute Gasteiger partial charge is 0.0589 e. The highest BCUT2D eigenvalue weighted by Crippen LogP contribution is 2.30. The van der Waals surface area contributed by atoms with E-state index in [2.05, 4.69) is 17.1 Å². The molecule has 0 spiro atoms. The maximum absolute atomic E-state index is 5.21. The summed E-state index contributed by atoms with van der Waals surface area (Å²) >= 11 is 0. The van der Waals surface area contributed by atoms with Crippen molar-refractivity contribution in [2.45, 2.75) is 26.2 Å². The molecule has 1 fully saturated rings. The Morgan fingerprint density at radius 1 is 1.17 bits per heavy atom. The summed E-state index contributed by atoms with van der Waals surface area (Å²) in [6, 6.07) is 0. The minimum absolute atomic E-state index is 0.444. The topological polar surface area (TPSA) is 33.7 Å². The molecule has 1 unspecified atom stereocenters. The summed E-state index contributed by atoms with van der Waals surface area (Å²) in [6.45, 7) is 9.41. The molecule has 1 saturated heterocycles. The lowest BCUT2D eigenvalue weighted by atomic mass is 9.78. The number of methoxy groups -OCH3 is 2. The van der Waals surface area contributed by atoms with Gasteiger partial charge in [-0.2, -0.15) is 0 Å². The van der Waals surface area contributed by atoms with Gasteiger partial charge in [0.15, 0.2) is 0 Å². The Labute approximate surface area is 112 Å². The first-order valence-electron chi connectivity index (χ1n) is 7.17. The van der Waals surface area contributed by atoms with E-state index in [4.69, 9.17) is 9.47 Å². The molecule has 0 aromatic rings. The SMILES string of the molecule is CCC1(CN(CCOC)CCOC)CCCNC1. The van der Waals surface area contributed by atoms with Gasteiger partial charge in [-0.15, -0.1) is 0 Å². The van der Waals surface area contributed by atoms with Crippen LogP contribution in [0.25, 0.3) is 0 Å². The zero-order valence-electron chi connectivity index (χ0n) is 12.3. The molecule has 0 aromatic heterocycles. The van der Waals surface area contributed by atoms with Crippen LogP contribution < -0.4 is 5.32 Å². The fourth-order valence-electron chi connectivity index (χ4n) is 2.76. The van der Waals surface area contributed by atoms with E-state index >= 15 is 0 Å². The van der Waals surface area contributed by atoms with E-state index in [9.17, 15) is 0 Å². The zero-order valence-corrected chi connectivity index (χ0v) is 12.3. The lowest BCUT2D eigenvalue weighted by Crippen LogP contribution is -2.48. The molecule has 4 heteroatoms. The third-order valence-electron chi connectivity index (χ3n) is 4.09. The van der Waals surface area contributed by atoms with Crippen LogP contribution in [0.2, 0.25) is 0 Å². The Hall–Kier alpha value is -0.160. The highest BCUT2D eigenvalue weighted by molar-refractivity contribution is 4.87. The van der Waals surface area contributed by atoms with E-state index in [1.165, 1.54) is 25.8 Å². The predicted molar refractivity (Wildman–Crippen MR) is 75.0 cm³/mol. The van der Waals surface area contributed by atoms with Crippen molar-refractivity contribution in [1.29, 1.82) is 0 Å². The normalized spacial score (nSPS) is 24.7. The summed E-state index contributed by atoms with van der Waals surface area (Å²) in [6.07, 6.45) is 3.89. The van der Waals surface area contributed by atoms with Crippen molar-refractivity contribution in [2.75, 3.05) is 60.2 Å². The molecule has 0 radical (unpaired) electrons. The van der Waals surface area contributed by atoms with E-state index < -0.39 is 0 Å². The third kappa shape index (κ3) is 5.22. The first-order chi connectivity index (χ1) is 8.76. The van der Waals surface area contributed by atoms with E-state index in [1.807, 2.05) is 0 Å². The van der Waals surface area contributed by atoms with Gasteiger partial charge in [0, 0.05) is 40.4 Å². The van der Waals surface area contributed by atoms with E-state index in [1.54, 1.807) is 14.2 Å². The molecule has 1 rings (SSSR count). The highest BCUT2D eigenvalue weighted by Gasteiger charge is 2.31. The molecule has 1 atom stereocenters. The Kier molecular flexibility index (Phi) is 7.82. The maximum Gasteiger partial charge on any atom is 0.0589 e. The molecule has 0 aliphatic carbocycles. The number of nitrogens with one attached hydrogen (secondary N) is 1. The van der Waals surface area contributed by atoms with Crippen molar-refractivity contribution in [2.24, 2.45) is 5.41 Å². The van der Waals surface area contributed by atoms with Crippen LogP contribution in [0.15, 0.2) is 0 Å². The van der Waals surface area contributed by atoms with Crippen molar-refractivity contribution in [3.05, 3.63) is 0 Å². The van der Waals surface area contributed by atoms with Crippen molar-refractivity contribution in [3.8, 4) is 0 Å². The Balaban J connectivity index is 2.49. The van der Waals surface area contributed by atoms with Crippen molar-refractivity contribution < 1.29 is 9.47 Å². The molecule has 18 heavy (non-hydrogen) atoms.